The maximum atomic E-state index is 11.7. The first-order valence-corrected chi connectivity index (χ1v) is 8.81. The van der Waals surface area contributed by atoms with Crippen LogP contribution in [-0.4, -0.2) is 22.1 Å². The number of nitrogens with one attached hydrogen (secondary N) is 2. The van der Waals surface area contributed by atoms with E-state index in [1.54, 1.807) is 24.4 Å². The van der Waals surface area contributed by atoms with Crippen molar-refractivity contribution in [2.45, 2.75) is 18.4 Å². The standard InChI is InChI=1S/C14H14ClN3O3S2/c1-9-7-23-14(21)18(9)6-12(19)16-17-13(20)8-22-11-4-2-10(15)3-5-11/h2-5,7H,6,8H2,1H3,(H,16,19)(H,17,20). The predicted molar refractivity (Wildman–Crippen MR) is 91.8 cm³/mol. The lowest BCUT2D eigenvalue weighted by Crippen LogP contribution is -2.44. The van der Waals surface area contributed by atoms with Gasteiger partial charge in [0.2, 0.25) is 5.91 Å². The van der Waals surface area contributed by atoms with E-state index in [9.17, 15) is 14.4 Å². The van der Waals surface area contributed by atoms with E-state index < -0.39 is 5.91 Å². The van der Waals surface area contributed by atoms with Gasteiger partial charge in [0.05, 0.1) is 5.75 Å². The number of hydrazine groups is 1. The summed E-state index contributed by atoms with van der Waals surface area (Å²) in [6.07, 6.45) is 0. The molecule has 2 aromatic rings. The minimum Gasteiger partial charge on any atom is -0.294 e. The van der Waals surface area contributed by atoms with Crippen molar-refractivity contribution >= 4 is 46.5 Å². The molecule has 1 heterocycles. The number of hydrogen-bond acceptors (Lipinski definition) is 5. The summed E-state index contributed by atoms with van der Waals surface area (Å²) in [6, 6.07) is 7.10. The van der Waals surface area contributed by atoms with Crippen molar-refractivity contribution < 1.29 is 9.59 Å². The van der Waals surface area contributed by atoms with Crippen LogP contribution in [0.5, 0.6) is 0 Å². The van der Waals surface area contributed by atoms with Gasteiger partial charge in [-0.05, 0) is 31.2 Å². The monoisotopic (exact) mass is 371 g/mol. The summed E-state index contributed by atoms with van der Waals surface area (Å²) in [5.74, 6) is -0.648. The first-order valence-electron chi connectivity index (χ1n) is 6.56. The molecule has 6 nitrogen and oxygen atoms in total. The van der Waals surface area contributed by atoms with Gasteiger partial charge >= 0.3 is 4.87 Å². The van der Waals surface area contributed by atoms with Crippen molar-refractivity contribution in [2.24, 2.45) is 0 Å². The molecule has 0 aliphatic heterocycles. The van der Waals surface area contributed by atoms with E-state index in [4.69, 9.17) is 11.6 Å². The second-order valence-electron chi connectivity index (χ2n) is 4.57. The number of benzene rings is 1. The molecule has 0 atom stereocenters. The Morgan fingerprint density at radius 1 is 1.22 bits per heavy atom. The van der Waals surface area contributed by atoms with E-state index in [-0.39, 0.29) is 23.1 Å². The maximum absolute atomic E-state index is 11.7. The van der Waals surface area contributed by atoms with Gasteiger partial charge in [-0.3, -0.25) is 29.8 Å². The van der Waals surface area contributed by atoms with Crippen LogP contribution in [0, 0.1) is 6.92 Å². The minimum atomic E-state index is -0.460. The van der Waals surface area contributed by atoms with Crippen molar-refractivity contribution in [1.82, 2.24) is 15.4 Å². The van der Waals surface area contributed by atoms with Gasteiger partial charge in [-0.1, -0.05) is 22.9 Å². The number of hydrogen-bond donors (Lipinski definition) is 2. The summed E-state index contributed by atoms with van der Waals surface area (Å²) in [7, 11) is 0. The quantitative estimate of drug-likeness (QED) is 0.620. The van der Waals surface area contributed by atoms with Crippen molar-refractivity contribution in [2.75, 3.05) is 5.75 Å². The number of halogens is 1. The van der Waals surface area contributed by atoms with E-state index in [0.717, 1.165) is 16.2 Å². The fourth-order valence-corrected chi connectivity index (χ4v) is 3.19. The fourth-order valence-electron chi connectivity index (χ4n) is 1.63. The molecule has 0 radical (unpaired) electrons. The van der Waals surface area contributed by atoms with Gasteiger partial charge in [-0.15, -0.1) is 11.8 Å². The van der Waals surface area contributed by atoms with Crippen molar-refractivity contribution in [3.05, 3.63) is 50.0 Å². The molecular weight excluding hydrogens is 358 g/mol. The van der Waals surface area contributed by atoms with Crippen LogP contribution in [0.25, 0.3) is 0 Å². The molecule has 0 saturated carbocycles. The highest BCUT2D eigenvalue weighted by Gasteiger charge is 2.09. The maximum Gasteiger partial charge on any atom is 0.307 e. The Morgan fingerprint density at radius 2 is 1.87 bits per heavy atom. The zero-order chi connectivity index (χ0) is 16.8. The van der Waals surface area contributed by atoms with Crippen LogP contribution >= 0.6 is 34.7 Å². The van der Waals surface area contributed by atoms with Crippen LogP contribution in [-0.2, 0) is 16.1 Å². The van der Waals surface area contributed by atoms with Crippen LogP contribution in [0.2, 0.25) is 5.02 Å². The summed E-state index contributed by atoms with van der Waals surface area (Å²) >= 11 is 8.13. The molecule has 0 aliphatic rings. The second kappa shape index (κ2) is 8.19. The Kier molecular flexibility index (Phi) is 6.26. The van der Waals surface area contributed by atoms with E-state index in [1.165, 1.54) is 16.3 Å². The number of aromatic nitrogens is 1. The number of carbonyl (C=O) groups is 2. The third-order valence-corrected chi connectivity index (χ3v) is 4.95. The van der Waals surface area contributed by atoms with E-state index in [2.05, 4.69) is 10.9 Å². The predicted octanol–water partition coefficient (Wildman–Crippen LogP) is 1.81. The Morgan fingerprint density at radius 3 is 2.48 bits per heavy atom. The van der Waals surface area contributed by atoms with Crippen molar-refractivity contribution in [3.8, 4) is 0 Å². The molecule has 0 unspecified atom stereocenters. The molecule has 1 aromatic heterocycles. The highest BCUT2D eigenvalue weighted by molar-refractivity contribution is 8.00. The highest BCUT2D eigenvalue weighted by Crippen LogP contribution is 2.19. The molecular formula is C14H14ClN3O3S2. The van der Waals surface area contributed by atoms with E-state index >= 15 is 0 Å². The Hall–Kier alpha value is -1.77. The molecule has 0 aliphatic carbocycles. The third kappa shape index (κ3) is 5.42. The molecule has 0 spiro atoms. The number of rotatable bonds is 5. The van der Waals surface area contributed by atoms with Crippen LogP contribution in [0.4, 0.5) is 0 Å². The largest absolute Gasteiger partial charge is 0.307 e. The fraction of sp³-hybridized carbons (Fsp3) is 0.214. The Bertz CT molecular complexity index is 755. The number of thiazole rings is 1. The number of thioether (sulfide) groups is 1. The first-order chi connectivity index (χ1) is 11.0. The molecule has 2 amide bonds. The van der Waals surface area contributed by atoms with Gasteiger partial charge in [-0.2, -0.15) is 0 Å². The average Bonchev–Trinajstić information content (AvgIpc) is 2.84. The zero-order valence-electron chi connectivity index (χ0n) is 12.2. The lowest BCUT2D eigenvalue weighted by Gasteiger charge is -2.08. The van der Waals surface area contributed by atoms with Crippen LogP contribution < -0.4 is 15.7 Å². The topological polar surface area (TPSA) is 80.2 Å². The molecule has 1 aromatic carbocycles. The van der Waals surface area contributed by atoms with Gasteiger partial charge in [0, 0.05) is 21.0 Å². The van der Waals surface area contributed by atoms with Gasteiger partial charge in [0.25, 0.3) is 5.91 Å². The first kappa shape index (κ1) is 17.6. The average molecular weight is 372 g/mol. The SMILES string of the molecule is Cc1csc(=O)n1CC(=O)NNC(=O)CSc1ccc(Cl)cc1. The molecule has 0 fully saturated rings. The van der Waals surface area contributed by atoms with Gasteiger partial charge in [0.15, 0.2) is 0 Å². The Balaban J connectivity index is 1.74. The van der Waals surface area contributed by atoms with E-state index in [0.29, 0.717) is 10.7 Å². The lowest BCUT2D eigenvalue weighted by atomic mass is 10.4. The normalized spacial score (nSPS) is 10.3. The molecule has 0 bridgehead atoms. The van der Waals surface area contributed by atoms with Gasteiger partial charge in [0.1, 0.15) is 6.54 Å². The minimum absolute atomic E-state index is 0.126. The molecule has 122 valence electrons. The third-order valence-electron chi connectivity index (χ3n) is 2.80. The van der Waals surface area contributed by atoms with Gasteiger partial charge in [-0.25, -0.2) is 0 Å². The summed E-state index contributed by atoms with van der Waals surface area (Å²) in [6.45, 7) is 1.62. The van der Waals surface area contributed by atoms with Crippen LogP contribution in [0.3, 0.4) is 0 Å². The summed E-state index contributed by atoms with van der Waals surface area (Å²) in [5, 5.41) is 2.31. The molecule has 23 heavy (non-hydrogen) atoms. The smallest absolute Gasteiger partial charge is 0.294 e. The number of aryl methyl sites for hydroxylation is 1. The second-order valence-corrected chi connectivity index (χ2v) is 6.87. The van der Waals surface area contributed by atoms with Crippen LogP contribution in [0.15, 0.2) is 39.3 Å². The van der Waals surface area contributed by atoms with Gasteiger partial charge < -0.3 is 0 Å². The van der Waals surface area contributed by atoms with Crippen molar-refractivity contribution in [1.29, 1.82) is 0 Å². The Labute approximate surface area is 145 Å². The summed E-state index contributed by atoms with van der Waals surface area (Å²) in [4.78, 5) is 35.6. The van der Waals surface area contributed by atoms with Crippen LogP contribution in [0.1, 0.15) is 5.69 Å². The zero-order valence-corrected chi connectivity index (χ0v) is 14.6. The number of amides is 2. The summed E-state index contributed by atoms with van der Waals surface area (Å²) in [5.41, 5.74) is 5.32. The molecule has 9 heteroatoms. The highest BCUT2D eigenvalue weighted by atomic mass is 35.5. The molecule has 0 saturated heterocycles. The number of carbonyl (C=O) groups excluding carboxylic acids is 2. The number of nitrogens with zero attached hydrogens (tertiary/aromatic N) is 1. The molecule has 2 rings (SSSR count). The van der Waals surface area contributed by atoms with Crippen molar-refractivity contribution in [3.63, 3.8) is 0 Å². The van der Waals surface area contributed by atoms with E-state index in [1.807, 2.05) is 12.1 Å². The lowest BCUT2D eigenvalue weighted by molar-refractivity contribution is -0.128. The summed E-state index contributed by atoms with van der Waals surface area (Å²) < 4.78 is 1.34. The molecule has 2 N–H and O–H groups in total.